The quantitative estimate of drug-likeness (QED) is 0.495. The number of carbonyl (C=O) groups is 1. The molecule has 0 atom stereocenters. The van der Waals surface area contributed by atoms with Gasteiger partial charge in [-0.25, -0.2) is 4.98 Å². The molecule has 7 nitrogen and oxygen atoms in total. The molecule has 1 aromatic carbocycles. The minimum Gasteiger partial charge on any atom is -0.339 e. The lowest BCUT2D eigenvalue weighted by Gasteiger charge is -2.11. The molecule has 0 unspecified atom stereocenters. The lowest BCUT2D eigenvalue weighted by molar-refractivity contribution is -0.116. The van der Waals surface area contributed by atoms with E-state index in [1.165, 1.54) is 12.8 Å². The number of carbonyl (C=O) groups excluding carboxylic acids is 1. The first-order valence-corrected chi connectivity index (χ1v) is 11.0. The minimum atomic E-state index is -0.0875. The van der Waals surface area contributed by atoms with E-state index >= 15 is 0 Å². The van der Waals surface area contributed by atoms with E-state index in [0.717, 1.165) is 41.3 Å². The number of hydrogen-bond donors (Lipinski definition) is 1. The van der Waals surface area contributed by atoms with Crippen LogP contribution in [0.1, 0.15) is 31.0 Å². The molecule has 1 aliphatic rings. The van der Waals surface area contributed by atoms with Crippen LogP contribution in [0.25, 0.3) is 22.6 Å². The predicted molar refractivity (Wildman–Crippen MR) is 115 cm³/mol. The second-order valence-electron chi connectivity index (χ2n) is 7.34. The molecule has 1 amide bonds. The van der Waals surface area contributed by atoms with Gasteiger partial charge in [0.15, 0.2) is 0 Å². The van der Waals surface area contributed by atoms with Gasteiger partial charge >= 0.3 is 0 Å². The van der Waals surface area contributed by atoms with E-state index in [1.54, 1.807) is 11.3 Å². The summed E-state index contributed by atoms with van der Waals surface area (Å²) in [6.07, 6.45) is 6.27. The molecule has 0 saturated heterocycles. The molecule has 0 saturated carbocycles. The van der Waals surface area contributed by atoms with Crippen molar-refractivity contribution in [3.05, 3.63) is 59.0 Å². The summed E-state index contributed by atoms with van der Waals surface area (Å²) in [5, 5.41) is 10.8. The number of hydrogen-bond acceptors (Lipinski definition) is 6. The summed E-state index contributed by atoms with van der Waals surface area (Å²) in [6, 6.07) is 9.75. The van der Waals surface area contributed by atoms with Gasteiger partial charge in [0.05, 0.1) is 5.69 Å². The monoisotopic (exact) mass is 419 g/mol. The van der Waals surface area contributed by atoms with E-state index in [0.29, 0.717) is 18.1 Å². The molecule has 0 bridgehead atoms. The number of nitrogens with zero attached hydrogens (tertiary/aromatic N) is 4. The summed E-state index contributed by atoms with van der Waals surface area (Å²) in [4.78, 5) is 21.4. The summed E-state index contributed by atoms with van der Waals surface area (Å²) in [5.41, 5.74) is 3.74. The van der Waals surface area contributed by atoms with Crippen LogP contribution >= 0.6 is 11.3 Å². The molecular weight excluding hydrogens is 398 g/mol. The fourth-order valence-electron chi connectivity index (χ4n) is 3.59. The Labute approximate surface area is 177 Å². The fourth-order valence-corrected chi connectivity index (χ4v) is 4.22. The summed E-state index contributed by atoms with van der Waals surface area (Å²) in [7, 11) is 0. The van der Waals surface area contributed by atoms with E-state index in [4.69, 9.17) is 9.51 Å². The number of imidazole rings is 1. The van der Waals surface area contributed by atoms with E-state index < -0.39 is 0 Å². The molecule has 0 radical (unpaired) electrons. The number of nitrogens with one attached hydrogen (secondary N) is 1. The van der Waals surface area contributed by atoms with Gasteiger partial charge in [-0.3, -0.25) is 4.79 Å². The van der Waals surface area contributed by atoms with Gasteiger partial charge in [-0.2, -0.15) is 16.3 Å². The molecule has 152 valence electrons. The minimum absolute atomic E-state index is 0.0875. The number of benzene rings is 1. The zero-order chi connectivity index (χ0) is 20.3. The van der Waals surface area contributed by atoms with Gasteiger partial charge in [0.25, 0.3) is 0 Å². The van der Waals surface area contributed by atoms with Crippen molar-refractivity contribution >= 4 is 22.9 Å². The van der Waals surface area contributed by atoms with Crippen LogP contribution in [0.15, 0.2) is 51.8 Å². The Balaban J connectivity index is 1.17. The molecule has 0 fully saturated rings. The molecule has 4 heterocycles. The number of thiophene rings is 1. The third kappa shape index (κ3) is 4.04. The molecule has 3 aromatic heterocycles. The summed E-state index contributed by atoms with van der Waals surface area (Å²) < 4.78 is 7.49. The van der Waals surface area contributed by atoms with E-state index in [9.17, 15) is 4.79 Å². The molecule has 1 aliphatic heterocycles. The standard InChI is InChI=1S/C22H21N5O2S/c28-20(8-9-21-25-22(26-29-21)16-10-12-30-14-16)23-17-6-4-15(5-7-17)18-13-27-11-2-1-3-19(27)24-18/h4-7,10,12-14H,1-3,8-9,11H2,(H,23,28). The van der Waals surface area contributed by atoms with E-state index in [2.05, 4.69) is 26.2 Å². The Morgan fingerprint density at radius 2 is 2.03 bits per heavy atom. The highest BCUT2D eigenvalue weighted by molar-refractivity contribution is 7.08. The molecule has 30 heavy (non-hydrogen) atoms. The highest BCUT2D eigenvalue weighted by Gasteiger charge is 2.14. The summed E-state index contributed by atoms with van der Waals surface area (Å²) in [5.74, 6) is 2.10. The average molecular weight is 420 g/mol. The van der Waals surface area contributed by atoms with Crippen molar-refractivity contribution in [1.82, 2.24) is 19.7 Å². The van der Waals surface area contributed by atoms with Gasteiger partial charge in [-0.15, -0.1) is 0 Å². The fraction of sp³-hybridized carbons (Fsp3) is 0.273. The van der Waals surface area contributed by atoms with Gasteiger partial charge in [0, 0.05) is 54.2 Å². The maximum Gasteiger partial charge on any atom is 0.227 e. The van der Waals surface area contributed by atoms with Crippen LogP contribution in [-0.2, 0) is 24.2 Å². The van der Waals surface area contributed by atoms with Crippen molar-refractivity contribution in [2.24, 2.45) is 0 Å². The highest BCUT2D eigenvalue weighted by atomic mass is 32.1. The predicted octanol–water partition coefficient (Wildman–Crippen LogP) is 4.57. The number of amides is 1. The zero-order valence-corrected chi connectivity index (χ0v) is 17.2. The summed E-state index contributed by atoms with van der Waals surface area (Å²) in [6.45, 7) is 1.05. The van der Waals surface area contributed by atoms with Gasteiger partial charge in [-0.05, 0) is 36.4 Å². The average Bonchev–Trinajstić information content (AvgIpc) is 3.53. The second-order valence-corrected chi connectivity index (χ2v) is 8.12. The summed E-state index contributed by atoms with van der Waals surface area (Å²) >= 11 is 1.58. The Bertz CT molecular complexity index is 1120. The van der Waals surface area contributed by atoms with Crippen molar-refractivity contribution in [3.8, 4) is 22.6 Å². The first-order chi connectivity index (χ1) is 14.7. The van der Waals surface area contributed by atoms with Crippen molar-refractivity contribution in [2.75, 3.05) is 5.32 Å². The Morgan fingerprint density at radius 1 is 1.13 bits per heavy atom. The first kappa shape index (κ1) is 18.7. The van der Waals surface area contributed by atoms with Crippen LogP contribution in [0.3, 0.4) is 0 Å². The van der Waals surface area contributed by atoms with Gasteiger partial charge in [0.1, 0.15) is 5.82 Å². The van der Waals surface area contributed by atoms with Crippen LogP contribution < -0.4 is 5.32 Å². The van der Waals surface area contributed by atoms with Crippen LogP contribution in [0, 0.1) is 0 Å². The molecule has 5 rings (SSSR count). The van der Waals surface area contributed by atoms with E-state index in [1.807, 2.05) is 41.1 Å². The van der Waals surface area contributed by atoms with Gasteiger partial charge in [-0.1, -0.05) is 17.3 Å². The van der Waals surface area contributed by atoms with Crippen molar-refractivity contribution in [3.63, 3.8) is 0 Å². The third-order valence-corrected chi connectivity index (χ3v) is 5.87. The molecule has 4 aromatic rings. The topological polar surface area (TPSA) is 85.8 Å². The zero-order valence-electron chi connectivity index (χ0n) is 16.4. The van der Waals surface area contributed by atoms with Crippen LogP contribution in [0.4, 0.5) is 5.69 Å². The number of rotatable bonds is 6. The largest absolute Gasteiger partial charge is 0.339 e. The van der Waals surface area contributed by atoms with Crippen LogP contribution in [-0.4, -0.2) is 25.6 Å². The third-order valence-electron chi connectivity index (χ3n) is 5.19. The Kier molecular flexibility index (Phi) is 5.15. The molecular formula is C22H21N5O2S. The van der Waals surface area contributed by atoms with Gasteiger partial charge in [0.2, 0.25) is 17.6 Å². The second kappa shape index (κ2) is 8.23. The van der Waals surface area contributed by atoms with Crippen LogP contribution in [0.5, 0.6) is 0 Å². The number of anilines is 1. The first-order valence-electron chi connectivity index (χ1n) is 10.1. The molecule has 0 aliphatic carbocycles. The Hall–Kier alpha value is -3.26. The smallest absolute Gasteiger partial charge is 0.227 e. The van der Waals surface area contributed by atoms with Gasteiger partial charge < -0.3 is 14.4 Å². The number of fused-ring (bicyclic) bond motifs is 1. The van der Waals surface area contributed by atoms with E-state index in [-0.39, 0.29) is 12.3 Å². The lowest BCUT2D eigenvalue weighted by atomic mass is 10.1. The van der Waals surface area contributed by atoms with Crippen molar-refractivity contribution in [1.29, 1.82) is 0 Å². The molecule has 0 spiro atoms. The SMILES string of the molecule is O=C(CCc1nc(-c2ccsc2)no1)Nc1ccc(-c2cn3c(n2)CCCC3)cc1. The number of aromatic nitrogens is 4. The Morgan fingerprint density at radius 3 is 2.83 bits per heavy atom. The van der Waals surface area contributed by atoms with Crippen LogP contribution in [0.2, 0.25) is 0 Å². The van der Waals surface area contributed by atoms with Crippen molar-refractivity contribution < 1.29 is 9.32 Å². The maximum absolute atomic E-state index is 12.3. The lowest BCUT2D eigenvalue weighted by Crippen LogP contribution is -2.12. The van der Waals surface area contributed by atoms with Crippen molar-refractivity contribution in [2.45, 2.75) is 38.6 Å². The normalized spacial score (nSPS) is 13.2. The highest BCUT2D eigenvalue weighted by Crippen LogP contribution is 2.24. The number of aryl methyl sites for hydroxylation is 3. The maximum atomic E-state index is 12.3. The molecule has 1 N–H and O–H groups in total. The molecule has 8 heteroatoms.